The summed E-state index contributed by atoms with van der Waals surface area (Å²) in [5.74, 6) is -0.339. The third-order valence-electron chi connectivity index (χ3n) is 2.78. The van der Waals surface area contributed by atoms with Gasteiger partial charge in [-0.25, -0.2) is 0 Å². The second-order valence-corrected chi connectivity index (χ2v) is 5.78. The van der Waals surface area contributed by atoms with E-state index in [2.05, 4.69) is 5.32 Å². The number of carbonyl (C=O) groups is 1. The molecule has 1 unspecified atom stereocenters. The van der Waals surface area contributed by atoms with Crippen LogP contribution in [0.4, 0.5) is 11.4 Å². The smallest absolute Gasteiger partial charge is 0.271 e. The zero-order chi connectivity index (χ0) is 16.1. The van der Waals surface area contributed by atoms with Crippen molar-refractivity contribution < 1.29 is 14.4 Å². The van der Waals surface area contributed by atoms with Crippen LogP contribution in [-0.4, -0.2) is 16.1 Å². The first-order chi connectivity index (χ1) is 10.5. The molecule has 1 aromatic heterocycles. The highest BCUT2D eigenvalue weighted by Gasteiger charge is 2.19. The van der Waals surface area contributed by atoms with Crippen LogP contribution in [0.1, 0.15) is 6.92 Å². The van der Waals surface area contributed by atoms with Crippen LogP contribution in [0.5, 0.6) is 0 Å². The van der Waals surface area contributed by atoms with E-state index in [1.807, 2.05) is 0 Å². The molecule has 1 atom stereocenters. The van der Waals surface area contributed by atoms with Crippen molar-refractivity contribution >= 4 is 29.0 Å². The van der Waals surface area contributed by atoms with Gasteiger partial charge < -0.3 is 10.5 Å². The predicted molar refractivity (Wildman–Crippen MR) is 82.4 cm³/mol. The van der Waals surface area contributed by atoms with Crippen LogP contribution in [-0.2, 0) is 4.79 Å². The molecule has 0 saturated heterocycles. The van der Waals surface area contributed by atoms with Crippen molar-refractivity contribution in [1.82, 2.24) is 0 Å². The Labute approximate surface area is 130 Å². The van der Waals surface area contributed by atoms with Crippen molar-refractivity contribution in [2.75, 3.05) is 5.32 Å². The number of amides is 1. The number of nitrogens with zero attached hydrogens (tertiary/aromatic N) is 2. The van der Waals surface area contributed by atoms with Crippen LogP contribution < -0.4 is 10.0 Å². The number of thioether (sulfide) groups is 1. The van der Waals surface area contributed by atoms with Crippen LogP contribution in [0, 0.1) is 15.3 Å². The molecule has 7 nitrogen and oxygen atoms in total. The molecule has 2 rings (SSSR count). The molecule has 114 valence electrons. The second-order valence-electron chi connectivity index (χ2n) is 4.42. The number of hydrogen-bond acceptors (Lipinski definition) is 5. The minimum absolute atomic E-state index is 0.0986. The molecule has 1 aromatic carbocycles. The van der Waals surface area contributed by atoms with E-state index in [9.17, 15) is 20.1 Å². The predicted octanol–water partition coefficient (Wildman–Crippen LogP) is 2.35. The van der Waals surface area contributed by atoms with Gasteiger partial charge in [0.15, 0.2) is 6.20 Å². The molecular formula is C14H13N3O4S. The third-order valence-corrected chi connectivity index (χ3v) is 3.90. The van der Waals surface area contributed by atoms with Crippen LogP contribution in [0.15, 0.2) is 53.7 Å². The normalized spacial score (nSPS) is 11.7. The maximum Gasteiger partial charge on any atom is 0.271 e. The lowest BCUT2D eigenvalue weighted by atomic mass is 10.2. The Morgan fingerprint density at radius 1 is 1.32 bits per heavy atom. The van der Waals surface area contributed by atoms with E-state index in [0.29, 0.717) is 15.4 Å². The molecule has 1 heterocycles. The number of non-ortho nitro benzene ring substituents is 1. The number of rotatable bonds is 5. The standard InChI is InChI=1S/C14H13N3O4S/c1-10(22-13-7-2-3-8-16(13)19)14(18)15-11-5-4-6-12(9-11)17(20)21/h2-10H,1H3,(H,15,18). The lowest BCUT2D eigenvalue weighted by Gasteiger charge is -2.11. The van der Waals surface area contributed by atoms with Gasteiger partial charge in [-0.15, -0.1) is 0 Å². The molecule has 0 bridgehead atoms. The molecular weight excluding hydrogens is 306 g/mol. The summed E-state index contributed by atoms with van der Waals surface area (Å²) < 4.78 is 0.682. The largest absolute Gasteiger partial charge is 0.618 e. The van der Waals surface area contributed by atoms with Crippen molar-refractivity contribution in [1.29, 1.82) is 0 Å². The van der Waals surface area contributed by atoms with E-state index in [1.165, 1.54) is 24.4 Å². The average molecular weight is 319 g/mol. The Kier molecular flexibility index (Phi) is 4.95. The number of nitro benzene ring substituents is 1. The number of benzene rings is 1. The van der Waals surface area contributed by atoms with Gasteiger partial charge in [0.05, 0.1) is 10.2 Å². The molecule has 8 heteroatoms. The number of aromatic nitrogens is 1. The van der Waals surface area contributed by atoms with Gasteiger partial charge in [0.2, 0.25) is 5.91 Å². The lowest BCUT2D eigenvalue weighted by Crippen LogP contribution is -2.30. The van der Waals surface area contributed by atoms with Gasteiger partial charge in [-0.2, -0.15) is 4.73 Å². The summed E-state index contributed by atoms with van der Waals surface area (Å²) in [5.41, 5.74) is 0.244. The minimum Gasteiger partial charge on any atom is -0.618 e. The number of pyridine rings is 1. The minimum atomic E-state index is -0.530. The third kappa shape index (κ3) is 3.95. The summed E-state index contributed by atoms with van der Waals surface area (Å²) in [6.07, 6.45) is 1.35. The van der Waals surface area contributed by atoms with Crippen LogP contribution in [0.2, 0.25) is 0 Å². The highest BCUT2D eigenvalue weighted by Crippen LogP contribution is 2.22. The van der Waals surface area contributed by atoms with Crippen molar-refractivity contribution in [2.24, 2.45) is 0 Å². The highest BCUT2D eigenvalue weighted by atomic mass is 32.2. The summed E-state index contributed by atoms with van der Waals surface area (Å²) in [7, 11) is 0. The van der Waals surface area contributed by atoms with E-state index in [-0.39, 0.29) is 11.6 Å². The molecule has 1 amide bonds. The summed E-state index contributed by atoms with van der Waals surface area (Å²) in [5, 5.41) is 24.7. The fourth-order valence-electron chi connectivity index (χ4n) is 1.68. The van der Waals surface area contributed by atoms with Crippen molar-refractivity contribution in [3.05, 3.63) is 64.0 Å². The number of nitro groups is 1. The summed E-state index contributed by atoms with van der Waals surface area (Å²) in [6.45, 7) is 1.66. The first kappa shape index (κ1) is 15.8. The van der Waals surface area contributed by atoms with Crippen molar-refractivity contribution in [3.63, 3.8) is 0 Å². The number of carbonyl (C=O) groups excluding carboxylic acids is 1. The Hall–Kier alpha value is -2.61. The van der Waals surface area contributed by atoms with Gasteiger partial charge in [0.25, 0.3) is 10.7 Å². The Morgan fingerprint density at radius 2 is 2.09 bits per heavy atom. The van der Waals surface area contributed by atoms with Gasteiger partial charge in [-0.3, -0.25) is 14.9 Å². The van der Waals surface area contributed by atoms with Crippen LogP contribution in [0.25, 0.3) is 0 Å². The number of anilines is 1. The lowest BCUT2D eigenvalue weighted by molar-refractivity contribution is -0.645. The SMILES string of the molecule is CC(Sc1cccc[n+]1[O-])C(=O)Nc1cccc([N+](=O)[O-])c1. The Balaban J connectivity index is 2.04. The first-order valence-corrected chi connectivity index (χ1v) is 7.25. The molecule has 0 aliphatic heterocycles. The number of nitrogens with one attached hydrogen (secondary N) is 1. The van der Waals surface area contributed by atoms with Crippen molar-refractivity contribution in [2.45, 2.75) is 17.2 Å². The van der Waals surface area contributed by atoms with Gasteiger partial charge in [-0.1, -0.05) is 6.07 Å². The molecule has 0 spiro atoms. The van der Waals surface area contributed by atoms with E-state index >= 15 is 0 Å². The topological polar surface area (TPSA) is 99.2 Å². The molecule has 1 N–H and O–H groups in total. The fraction of sp³-hybridized carbons (Fsp3) is 0.143. The zero-order valence-corrected chi connectivity index (χ0v) is 12.4. The molecule has 0 aliphatic rings. The van der Waals surface area contributed by atoms with Crippen molar-refractivity contribution in [3.8, 4) is 0 Å². The monoisotopic (exact) mass is 319 g/mol. The van der Waals surface area contributed by atoms with Crippen LogP contribution in [0.3, 0.4) is 0 Å². The average Bonchev–Trinajstić information content (AvgIpc) is 2.49. The highest BCUT2D eigenvalue weighted by molar-refractivity contribution is 8.00. The molecule has 0 fully saturated rings. The summed E-state index contributed by atoms with van der Waals surface area (Å²) in [6, 6.07) is 10.6. The van der Waals surface area contributed by atoms with Gasteiger partial charge >= 0.3 is 0 Å². The maximum atomic E-state index is 12.1. The zero-order valence-electron chi connectivity index (χ0n) is 11.6. The molecule has 0 saturated carbocycles. The van der Waals surface area contributed by atoms with Gasteiger partial charge in [0.1, 0.15) is 0 Å². The van der Waals surface area contributed by atoms with Gasteiger partial charge in [-0.05, 0) is 30.8 Å². The van der Waals surface area contributed by atoms with E-state index < -0.39 is 10.2 Å². The van der Waals surface area contributed by atoms with E-state index in [1.54, 1.807) is 31.2 Å². The second kappa shape index (κ2) is 6.90. The molecule has 0 aliphatic carbocycles. The molecule has 2 aromatic rings. The molecule has 0 radical (unpaired) electrons. The fourth-order valence-corrected chi connectivity index (χ4v) is 2.53. The maximum absolute atomic E-state index is 12.1. The Morgan fingerprint density at radius 3 is 2.77 bits per heavy atom. The summed E-state index contributed by atoms with van der Waals surface area (Å²) >= 11 is 1.11. The number of hydrogen-bond donors (Lipinski definition) is 1. The quantitative estimate of drug-likeness (QED) is 0.300. The van der Waals surface area contributed by atoms with Crippen LogP contribution >= 0.6 is 11.8 Å². The Bertz CT molecular complexity index is 708. The molecule has 22 heavy (non-hydrogen) atoms. The van der Waals surface area contributed by atoms with E-state index in [4.69, 9.17) is 0 Å². The van der Waals surface area contributed by atoms with Gasteiger partial charge in [0, 0.05) is 30.0 Å². The van der Waals surface area contributed by atoms with E-state index in [0.717, 1.165) is 11.8 Å². The first-order valence-electron chi connectivity index (χ1n) is 6.37. The summed E-state index contributed by atoms with van der Waals surface area (Å²) in [4.78, 5) is 22.3.